The van der Waals surface area contributed by atoms with E-state index in [2.05, 4.69) is 5.32 Å². The first-order valence-corrected chi connectivity index (χ1v) is 10.2. The van der Waals surface area contributed by atoms with Gasteiger partial charge in [0.15, 0.2) is 0 Å². The summed E-state index contributed by atoms with van der Waals surface area (Å²) in [5.41, 5.74) is 2.52. The van der Waals surface area contributed by atoms with Crippen molar-refractivity contribution in [3.63, 3.8) is 0 Å². The van der Waals surface area contributed by atoms with Crippen molar-refractivity contribution >= 4 is 23.4 Å². The minimum Gasteiger partial charge on any atom is -0.497 e. The molecule has 2 aromatic rings. The number of amides is 2. The summed E-state index contributed by atoms with van der Waals surface area (Å²) < 4.78 is 5.26. The number of nitrogens with zero attached hydrogens (tertiary/aromatic N) is 2. The van der Waals surface area contributed by atoms with Crippen LogP contribution in [0.25, 0.3) is 0 Å². The van der Waals surface area contributed by atoms with Crippen molar-refractivity contribution in [3.05, 3.63) is 54.1 Å². The van der Waals surface area contributed by atoms with Crippen molar-refractivity contribution in [1.29, 1.82) is 0 Å². The van der Waals surface area contributed by atoms with Gasteiger partial charge in [0.25, 0.3) is 0 Å². The molecule has 1 fully saturated rings. The number of carboxylic acid groups (broad SMARTS) is 1. The van der Waals surface area contributed by atoms with Crippen molar-refractivity contribution in [2.75, 3.05) is 43.6 Å². The van der Waals surface area contributed by atoms with Gasteiger partial charge in [-0.3, -0.25) is 14.6 Å². The molecule has 1 aliphatic heterocycles. The summed E-state index contributed by atoms with van der Waals surface area (Å²) >= 11 is 0. The molecule has 160 valence electrons. The molecular weight excluding hydrogens is 382 g/mol. The number of rotatable bonds is 10. The van der Waals surface area contributed by atoms with Crippen LogP contribution in [-0.4, -0.2) is 50.9 Å². The minimum absolute atomic E-state index is 0.0933. The van der Waals surface area contributed by atoms with Crippen LogP contribution >= 0.6 is 0 Å². The zero-order valence-corrected chi connectivity index (χ0v) is 17.5. The van der Waals surface area contributed by atoms with Gasteiger partial charge in [-0.1, -0.05) is 18.2 Å². The molecule has 2 amide bonds. The van der Waals surface area contributed by atoms with Crippen molar-refractivity contribution < 1.29 is 19.4 Å². The van der Waals surface area contributed by atoms with Gasteiger partial charge < -0.3 is 15.2 Å². The fourth-order valence-corrected chi connectivity index (χ4v) is 3.77. The first-order valence-electron chi connectivity index (χ1n) is 10.2. The first-order chi connectivity index (χ1) is 14.5. The number of carboxylic acids is 1. The van der Waals surface area contributed by atoms with Crippen molar-refractivity contribution in [3.8, 4) is 5.75 Å². The number of hydrogen-bond acceptors (Lipinski definition) is 4. The maximum Gasteiger partial charge on any atom is 0.329 e. The fraction of sp³-hybridized carbons (Fsp3) is 0.391. The second kappa shape index (κ2) is 10.1. The molecule has 0 aromatic heterocycles. The fourth-order valence-electron chi connectivity index (χ4n) is 3.77. The van der Waals surface area contributed by atoms with E-state index in [1.807, 2.05) is 55.6 Å². The van der Waals surface area contributed by atoms with Gasteiger partial charge in [-0.25, -0.2) is 4.79 Å². The second-order valence-electron chi connectivity index (χ2n) is 7.44. The second-order valence-corrected chi connectivity index (χ2v) is 7.44. The Hall–Kier alpha value is -3.06. The number of methoxy groups -OCH3 is 1. The van der Waals surface area contributed by atoms with E-state index in [0.717, 1.165) is 29.9 Å². The molecule has 1 aliphatic rings. The molecule has 1 unspecified atom stereocenters. The number of nitrogens with one attached hydrogen (secondary N) is 1. The molecule has 1 saturated heterocycles. The number of carbonyl (C=O) groups excluding carboxylic acids is 1. The van der Waals surface area contributed by atoms with Gasteiger partial charge in [0, 0.05) is 30.5 Å². The summed E-state index contributed by atoms with van der Waals surface area (Å²) in [6, 6.07) is 15.0. The van der Waals surface area contributed by atoms with E-state index in [1.54, 1.807) is 16.9 Å². The Bertz CT molecular complexity index is 886. The highest BCUT2D eigenvalue weighted by Gasteiger charge is 2.31. The number of urea groups is 1. The highest BCUT2D eigenvalue weighted by Crippen LogP contribution is 2.28. The number of carbonyl (C=O) groups is 2. The maximum absolute atomic E-state index is 13.0. The number of benzene rings is 2. The van der Waals surface area contributed by atoms with E-state index in [-0.39, 0.29) is 6.03 Å². The molecule has 0 spiro atoms. The smallest absolute Gasteiger partial charge is 0.329 e. The summed E-state index contributed by atoms with van der Waals surface area (Å²) in [6.07, 6.45) is 1.88. The van der Waals surface area contributed by atoms with Gasteiger partial charge in [-0.05, 0) is 62.7 Å². The Balaban J connectivity index is 1.72. The summed E-state index contributed by atoms with van der Waals surface area (Å²) in [5, 5.41) is 12.6. The number of ether oxygens (including phenoxy) is 1. The van der Waals surface area contributed by atoms with Crippen molar-refractivity contribution in [2.45, 2.75) is 19.3 Å². The monoisotopic (exact) mass is 411 g/mol. The molecular formula is C23H29N3O4. The van der Waals surface area contributed by atoms with Gasteiger partial charge in [0.2, 0.25) is 0 Å². The lowest BCUT2D eigenvalue weighted by Gasteiger charge is -2.20. The molecule has 7 heteroatoms. The first kappa shape index (κ1) is 21.6. The molecule has 2 aromatic carbocycles. The van der Waals surface area contributed by atoms with E-state index < -0.39 is 11.9 Å². The van der Waals surface area contributed by atoms with E-state index in [4.69, 9.17) is 4.74 Å². The van der Waals surface area contributed by atoms with Crippen LogP contribution in [-0.2, 0) is 11.2 Å². The molecule has 0 radical (unpaired) electrons. The SMILES string of the molecule is CNCCCC(Cc1cccc(N2CCN(c3cccc(OC)c3)C2=O)c1)C(=O)O. The average Bonchev–Trinajstić information content (AvgIpc) is 3.14. The molecule has 2 N–H and O–H groups in total. The quantitative estimate of drug-likeness (QED) is 0.586. The van der Waals surface area contributed by atoms with Crippen LogP contribution in [0.2, 0.25) is 0 Å². The predicted molar refractivity (Wildman–Crippen MR) is 118 cm³/mol. The van der Waals surface area contributed by atoms with Crippen LogP contribution < -0.4 is 19.9 Å². The molecule has 7 nitrogen and oxygen atoms in total. The Kier molecular flexibility index (Phi) is 7.30. The van der Waals surface area contributed by atoms with E-state index in [0.29, 0.717) is 31.7 Å². The Morgan fingerprint density at radius 3 is 2.43 bits per heavy atom. The minimum atomic E-state index is -0.780. The zero-order chi connectivity index (χ0) is 21.5. The average molecular weight is 412 g/mol. The Labute approximate surface area is 177 Å². The molecule has 1 atom stereocenters. The van der Waals surface area contributed by atoms with Gasteiger partial charge in [0.05, 0.1) is 13.0 Å². The zero-order valence-electron chi connectivity index (χ0n) is 17.5. The topological polar surface area (TPSA) is 82.1 Å². The van der Waals surface area contributed by atoms with Gasteiger partial charge in [-0.2, -0.15) is 0 Å². The highest BCUT2D eigenvalue weighted by molar-refractivity contribution is 6.06. The van der Waals surface area contributed by atoms with Gasteiger partial charge in [-0.15, -0.1) is 0 Å². The van der Waals surface area contributed by atoms with Crippen LogP contribution in [0.1, 0.15) is 18.4 Å². The summed E-state index contributed by atoms with van der Waals surface area (Å²) in [7, 11) is 3.47. The molecule has 30 heavy (non-hydrogen) atoms. The standard InChI is InChI=1S/C23H29N3O4/c1-24-11-5-7-18(22(27)28)14-17-6-3-8-19(15-17)25-12-13-26(23(25)29)20-9-4-10-21(16-20)30-2/h3-4,6,8-10,15-16,18,24H,5,7,11-14H2,1-2H3,(H,27,28). The molecule has 0 saturated carbocycles. The lowest BCUT2D eigenvalue weighted by atomic mass is 9.94. The molecule has 1 heterocycles. The third-order valence-electron chi connectivity index (χ3n) is 5.41. The van der Waals surface area contributed by atoms with Crippen LogP contribution in [0, 0.1) is 5.92 Å². The van der Waals surface area contributed by atoms with Crippen molar-refractivity contribution in [2.24, 2.45) is 5.92 Å². The van der Waals surface area contributed by atoms with E-state index >= 15 is 0 Å². The van der Waals surface area contributed by atoms with Crippen LogP contribution in [0.4, 0.5) is 16.2 Å². The highest BCUT2D eigenvalue weighted by atomic mass is 16.5. The number of hydrogen-bond donors (Lipinski definition) is 2. The largest absolute Gasteiger partial charge is 0.497 e. The van der Waals surface area contributed by atoms with Crippen molar-refractivity contribution in [1.82, 2.24) is 5.32 Å². The van der Waals surface area contributed by atoms with E-state index in [1.165, 1.54) is 0 Å². The number of aliphatic carboxylic acids is 1. The summed E-state index contributed by atoms with van der Waals surface area (Å²) in [4.78, 5) is 28.1. The van der Waals surface area contributed by atoms with Gasteiger partial charge >= 0.3 is 12.0 Å². The Morgan fingerprint density at radius 1 is 1.13 bits per heavy atom. The molecule has 3 rings (SSSR count). The van der Waals surface area contributed by atoms with Crippen LogP contribution in [0.15, 0.2) is 48.5 Å². The van der Waals surface area contributed by atoms with Gasteiger partial charge in [0.1, 0.15) is 5.75 Å². The lowest BCUT2D eigenvalue weighted by molar-refractivity contribution is -0.141. The molecule has 0 bridgehead atoms. The predicted octanol–water partition coefficient (Wildman–Crippen LogP) is 3.38. The normalized spacial score (nSPS) is 14.8. The Morgan fingerprint density at radius 2 is 1.80 bits per heavy atom. The van der Waals surface area contributed by atoms with Crippen LogP contribution in [0.3, 0.4) is 0 Å². The van der Waals surface area contributed by atoms with Crippen LogP contribution in [0.5, 0.6) is 5.75 Å². The summed E-state index contributed by atoms with van der Waals surface area (Å²) in [6.45, 7) is 1.95. The van der Waals surface area contributed by atoms with E-state index in [9.17, 15) is 14.7 Å². The third kappa shape index (κ3) is 5.10. The lowest BCUT2D eigenvalue weighted by Crippen LogP contribution is -2.31. The third-order valence-corrected chi connectivity index (χ3v) is 5.41. The molecule has 0 aliphatic carbocycles. The number of anilines is 2. The maximum atomic E-state index is 13.0. The summed E-state index contributed by atoms with van der Waals surface area (Å²) in [5.74, 6) is -0.507.